The second-order valence-corrected chi connectivity index (χ2v) is 8.68. The van der Waals surface area contributed by atoms with Gasteiger partial charge in [-0.15, -0.1) is 0 Å². The predicted molar refractivity (Wildman–Crippen MR) is 112 cm³/mol. The summed E-state index contributed by atoms with van der Waals surface area (Å²) in [5, 5.41) is 6.26. The molecular formula is C20H38N6O2. The SMILES string of the molecule is CN=C(NCCNC(=O)C(C)(C)C)N1CCN(CC(=O)N2CCCCC2)CC1. The fraction of sp³-hybridized carbons (Fsp3) is 0.850. The molecule has 2 rings (SSSR count). The molecule has 8 nitrogen and oxygen atoms in total. The number of piperazine rings is 1. The molecular weight excluding hydrogens is 356 g/mol. The Morgan fingerprint density at radius 3 is 2.04 bits per heavy atom. The molecule has 8 heteroatoms. The van der Waals surface area contributed by atoms with Gasteiger partial charge < -0.3 is 20.4 Å². The Morgan fingerprint density at radius 1 is 0.857 bits per heavy atom. The summed E-state index contributed by atoms with van der Waals surface area (Å²) in [7, 11) is 1.78. The molecule has 0 aromatic carbocycles. The second kappa shape index (κ2) is 10.6. The number of piperidine rings is 1. The molecule has 0 aliphatic carbocycles. The minimum atomic E-state index is -0.371. The molecule has 0 unspecified atom stereocenters. The number of likely N-dealkylation sites (tertiary alicyclic amines) is 1. The Balaban J connectivity index is 1.67. The Morgan fingerprint density at radius 2 is 1.46 bits per heavy atom. The molecule has 0 aromatic heterocycles. The van der Waals surface area contributed by atoms with Crippen molar-refractivity contribution in [1.82, 2.24) is 25.3 Å². The van der Waals surface area contributed by atoms with Crippen LogP contribution in [0.4, 0.5) is 0 Å². The molecule has 2 heterocycles. The quantitative estimate of drug-likeness (QED) is 0.400. The number of nitrogens with one attached hydrogen (secondary N) is 2. The summed E-state index contributed by atoms with van der Waals surface area (Å²) in [5.74, 6) is 1.17. The van der Waals surface area contributed by atoms with E-state index >= 15 is 0 Å². The predicted octanol–water partition coefficient (Wildman–Crippen LogP) is 0.354. The van der Waals surface area contributed by atoms with E-state index in [1.807, 2.05) is 25.7 Å². The van der Waals surface area contributed by atoms with Gasteiger partial charge in [-0.25, -0.2) is 0 Å². The zero-order valence-electron chi connectivity index (χ0n) is 18.1. The fourth-order valence-electron chi connectivity index (χ4n) is 3.50. The molecule has 2 saturated heterocycles. The van der Waals surface area contributed by atoms with Crippen molar-refractivity contribution in [2.24, 2.45) is 10.4 Å². The molecule has 2 aliphatic heterocycles. The van der Waals surface area contributed by atoms with Crippen LogP contribution in [0.5, 0.6) is 0 Å². The van der Waals surface area contributed by atoms with Gasteiger partial charge >= 0.3 is 0 Å². The smallest absolute Gasteiger partial charge is 0.236 e. The first kappa shape index (κ1) is 22.5. The van der Waals surface area contributed by atoms with Crippen LogP contribution < -0.4 is 10.6 Å². The zero-order chi connectivity index (χ0) is 20.6. The summed E-state index contributed by atoms with van der Waals surface area (Å²) < 4.78 is 0. The summed E-state index contributed by atoms with van der Waals surface area (Å²) in [6.45, 7) is 12.7. The number of aliphatic imine (C=N–C) groups is 1. The average Bonchev–Trinajstić information content (AvgIpc) is 2.68. The summed E-state index contributed by atoms with van der Waals surface area (Å²) in [5.41, 5.74) is -0.371. The van der Waals surface area contributed by atoms with Crippen LogP contribution in [0.2, 0.25) is 0 Å². The van der Waals surface area contributed by atoms with Gasteiger partial charge in [0.05, 0.1) is 6.54 Å². The molecule has 0 aromatic rings. The zero-order valence-corrected chi connectivity index (χ0v) is 18.1. The van der Waals surface area contributed by atoms with Crippen molar-refractivity contribution in [3.05, 3.63) is 0 Å². The lowest BCUT2D eigenvalue weighted by atomic mass is 9.96. The van der Waals surface area contributed by atoms with Crippen LogP contribution in [-0.4, -0.2) is 98.4 Å². The van der Waals surface area contributed by atoms with Crippen LogP contribution in [-0.2, 0) is 9.59 Å². The van der Waals surface area contributed by atoms with Crippen LogP contribution in [0.1, 0.15) is 40.0 Å². The first-order chi connectivity index (χ1) is 13.3. The van der Waals surface area contributed by atoms with Crippen molar-refractivity contribution in [2.45, 2.75) is 40.0 Å². The highest BCUT2D eigenvalue weighted by atomic mass is 16.2. The van der Waals surface area contributed by atoms with Crippen LogP contribution in [0, 0.1) is 5.41 Å². The molecule has 2 N–H and O–H groups in total. The van der Waals surface area contributed by atoms with Gasteiger partial charge in [0.1, 0.15) is 0 Å². The normalized spacial score (nSPS) is 19.5. The highest BCUT2D eigenvalue weighted by Crippen LogP contribution is 2.12. The van der Waals surface area contributed by atoms with E-state index < -0.39 is 0 Å². The molecule has 0 atom stereocenters. The van der Waals surface area contributed by atoms with Crippen LogP contribution in [0.25, 0.3) is 0 Å². The van der Waals surface area contributed by atoms with Crippen LogP contribution >= 0.6 is 0 Å². The monoisotopic (exact) mass is 394 g/mol. The summed E-state index contributed by atoms with van der Waals surface area (Å²) in [6, 6.07) is 0. The van der Waals surface area contributed by atoms with Gasteiger partial charge in [-0.2, -0.15) is 0 Å². The van der Waals surface area contributed by atoms with E-state index in [0.717, 1.165) is 58.1 Å². The van der Waals surface area contributed by atoms with Crippen molar-refractivity contribution >= 4 is 17.8 Å². The van der Waals surface area contributed by atoms with E-state index in [0.29, 0.717) is 19.6 Å². The van der Waals surface area contributed by atoms with E-state index in [2.05, 4.69) is 25.4 Å². The standard InChI is InChI=1S/C20H38N6O2/c1-20(2,3)18(28)22-8-9-23-19(21-4)26-14-12-24(13-15-26)16-17(27)25-10-6-5-7-11-25/h5-16H2,1-4H3,(H,21,23)(H,22,28). The Hall–Kier alpha value is -1.83. The van der Waals surface area contributed by atoms with Gasteiger partial charge in [0, 0.05) is 64.8 Å². The Bertz CT molecular complexity index is 543. The third-order valence-corrected chi connectivity index (χ3v) is 5.33. The maximum absolute atomic E-state index is 12.4. The van der Waals surface area contributed by atoms with Gasteiger partial charge in [0.15, 0.2) is 5.96 Å². The van der Waals surface area contributed by atoms with Crippen molar-refractivity contribution in [3.8, 4) is 0 Å². The highest BCUT2D eigenvalue weighted by Gasteiger charge is 2.24. The third kappa shape index (κ3) is 6.96. The molecule has 0 saturated carbocycles. The first-order valence-corrected chi connectivity index (χ1v) is 10.6. The number of hydrogen-bond acceptors (Lipinski definition) is 4. The molecule has 2 amide bonds. The highest BCUT2D eigenvalue weighted by molar-refractivity contribution is 5.82. The molecule has 0 bridgehead atoms. The maximum Gasteiger partial charge on any atom is 0.236 e. The molecule has 160 valence electrons. The lowest BCUT2D eigenvalue weighted by molar-refractivity contribution is -0.133. The Labute approximate surface area is 169 Å². The van der Waals surface area contributed by atoms with Gasteiger partial charge in [-0.1, -0.05) is 20.8 Å². The minimum Gasteiger partial charge on any atom is -0.354 e. The van der Waals surface area contributed by atoms with Gasteiger partial charge in [-0.3, -0.25) is 19.5 Å². The van der Waals surface area contributed by atoms with Gasteiger partial charge in [-0.05, 0) is 19.3 Å². The fourth-order valence-corrected chi connectivity index (χ4v) is 3.50. The largest absolute Gasteiger partial charge is 0.354 e. The molecule has 28 heavy (non-hydrogen) atoms. The summed E-state index contributed by atoms with van der Waals surface area (Å²) in [4.78, 5) is 35.2. The first-order valence-electron chi connectivity index (χ1n) is 10.6. The molecule has 0 spiro atoms. The summed E-state index contributed by atoms with van der Waals surface area (Å²) >= 11 is 0. The van der Waals surface area contributed by atoms with Crippen molar-refractivity contribution < 1.29 is 9.59 Å². The van der Waals surface area contributed by atoms with E-state index in [9.17, 15) is 9.59 Å². The van der Waals surface area contributed by atoms with E-state index in [-0.39, 0.29) is 17.2 Å². The molecule has 2 aliphatic rings. The van der Waals surface area contributed by atoms with Crippen LogP contribution in [0.15, 0.2) is 4.99 Å². The lowest BCUT2D eigenvalue weighted by Crippen LogP contribution is -2.55. The molecule has 0 radical (unpaired) electrons. The lowest BCUT2D eigenvalue weighted by Gasteiger charge is -2.37. The molecule has 2 fully saturated rings. The number of rotatable bonds is 5. The third-order valence-electron chi connectivity index (χ3n) is 5.33. The average molecular weight is 395 g/mol. The number of nitrogens with zero attached hydrogens (tertiary/aromatic N) is 4. The van der Waals surface area contributed by atoms with Crippen molar-refractivity contribution in [1.29, 1.82) is 0 Å². The maximum atomic E-state index is 12.4. The van der Waals surface area contributed by atoms with Crippen molar-refractivity contribution in [2.75, 3.05) is 66.0 Å². The number of carbonyl (C=O) groups excluding carboxylic acids is 2. The second-order valence-electron chi connectivity index (χ2n) is 8.68. The van der Waals surface area contributed by atoms with Gasteiger partial charge in [0.2, 0.25) is 11.8 Å². The van der Waals surface area contributed by atoms with Crippen LogP contribution in [0.3, 0.4) is 0 Å². The topological polar surface area (TPSA) is 80.3 Å². The number of guanidine groups is 1. The van der Waals surface area contributed by atoms with E-state index in [1.165, 1.54) is 6.42 Å². The Kier molecular flexibility index (Phi) is 8.54. The number of carbonyl (C=O) groups is 2. The van der Waals surface area contributed by atoms with E-state index in [4.69, 9.17) is 0 Å². The van der Waals surface area contributed by atoms with Crippen molar-refractivity contribution in [3.63, 3.8) is 0 Å². The van der Waals surface area contributed by atoms with Gasteiger partial charge in [0.25, 0.3) is 0 Å². The number of amides is 2. The van der Waals surface area contributed by atoms with E-state index in [1.54, 1.807) is 7.05 Å². The number of hydrogen-bond donors (Lipinski definition) is 2. The minimum absolute atomic E-state index is 0.0521. The summed E-state index contributed by atoms with van der Waals surface area (Å²) in [6.07, 6.45) is 3.52.